The van der Waals surface area contributed by atoms with Crippen LogP contribution in [0, 0.1) is 0 Å². The van der Waals surface area contributed by atoms with Crippen molar-refractivity contribution >= 4 is 29.2 Å². The molecule has 1 aromatic rings. The molecule has 0 aliphatic heterocycles. The summed E-state index contributed by atoms with van der Waals surface area (Å²) in [5.74, 6) is -4.71. The molecular weight excluding hydrogens is 234 g/mol. The average Bonchev–Trinajstić information content (AvgIpc) is 2.67. The first-order chi connectivity index (χ1) is 7.52. The van der Waals surface area contributed by atoms with Crippen molar-refractivity contribution in [3.8, 4) is 0 Å². The number of carboxylic acid groups (broad SMARTS) is 2. The van der Waals surface area contributed by atoms with Crippen LogP contribution in [0.4, 0.5) is 0 Å². The van der Waals surface area contributed by atoms with Gasteiger partial charge in [0.2, 0.25) is 5.91 Å². The Labute approximate surface area is 94.5 Å². The van der Waals surface area contributed by atoms with E-state index in [1.54, 1.807) is 10.8 Å². The van der Waals surface area contributed by atoms with Gasteiger partial charge in [0.05, 0.1) is 0 Å². The Morgan fingerprint density at radius 3 is 2.50 bits per heavy atom. The van der Waals surface area contributed by atoms with Gasteiger partial charge in [0, 0.05) is 0 Å². The smallest absolute Gasteiger partial charge is 0.322 e. The number of aliphatic carboxylic acids is 2. The number of carboxylic acids is 2. The van der Waals surface area contributed by atoms with E-state index >= 15 is 0 Å². The molecule has 0 saturated heterocycles. The molecule has 16 heavy (non-hydrogen) atoms. The molecule has 0 bridgehead atoms. The molecule has 0 aliphatic rings. The van der Waals surface area contributed by atoms with Crippen molar-refractivity contribution in [1.82, 2.24) is 5.32 Å². The average molecular weight is 243 g/mol. The third kappa shape index (κ3) is 3.06. The van der Waals surface area contributed by atoms with Gasteiger partial charge in [-0.1, -0.05) is 0 Å². The van der Waals surface area contributed by atoms with Gasteiger partial charge in [-0.15, -0.1) is 0 Å². The lowest BCUT2D eigenvalue weighted by Crippen LogP contribution is -2.36. The van der Waals surface area contributed by atoms with Crippen LogP contribution in [-0.2, 0) is 14.4 Å². The SMILES string of the molecule is O=C(O)CNC(=O)C(C(=O)O)c1ccsc1. The Morgan fingerprint density at radius 2 is 2.06 bits per heavy atom. The molecule has 6 nitrogen and oxygen atoms in total. The standard InChI is InChI=1S/C9H9NO5S/c11-6(12)3-10-8(13)7(9(14)15)5-1-2-16-4-5/h1-2,4,7H,3H2,(H,10,13)(H,11,12)(H,14,15). The Morgan fingerprint density at radius 1 is 1.38 bits per heavy atom. The van der Waals surface area contributed by atoms with E-state index in [-0.39, 0.29) is 0 Å². The summed E-state index contributed by atoms with van der Waals surface area (Å²) in [6.45, 7) is -0.591. The quantitative estimate of drug-likeness (QED) is 0.637. The third-order valence-electron chi connectivity index (χ3n) is 1.80. The zero-order chi connectivity index (χ0) is 12.1. The number of amides is 1. The molecule has 0 fully saturated rings. The summed E-state index contributed by atoms with van der Waals surface area (Å²) in [5, 5.41) is 22.5. The fourth-order valence-electron chi connectivity index (χ4n) is 1.11. The minimum atomic E-state index is -1.36. The maximum absolute atomic E-state index is 11.4. The van der Waals surface area contributed by atoms with Crippen molar-refractivity contribution in [3.05, 3.63) is 22.4 Å². The maximum atomic E-state index is 11.4. The van der Waals surface area contributed by atoms with Crippen molar-refractivity contribution in [2.75, 3.05) is 6.54 Å². The van der Waals surface area contributed by atoms with E-state index in [1.807, 2.05) is 5.32 Å². The van der Waals surface area contributed by atoms with Crippen LogP contribution in [0.5, 0.6) is 0 Å². The van der Waals surface area contributed by atoms with Gasteiger partial charge in [-0.05, 0) is 22.4 Å². The fraction of sp³-hybridized carbons (Fsp3) is 0.222. The minimum Gasteiger partial charge on any atom is -0.480 e. The third-order valence-corrected chi connectivity index (χ3v) is 2.50. The molecule has 1 heterocycles. The van der Waals surface area contributed by atoms with E-state index in [0.29, 0.717) is 5.56 Å². The van der Waals surface area contributed by atoms with Gasteiger partial charge in [-0.3, -0.25) is 14.4 Å². The lowest BCUT2D eigenvalue weighted by atomic mass is 10.0. The van der Waals surface area contributed by atoms with Crippen molar-refractivity contribution < 1.29 is 24.6 Å². The van der Waals surface area contributed by atoms with Gasteiger partial charge in [0.25, 0.3) is 0 Å². The van der Waals surface area contributed by atoms with Gasteiger partial charge in [0.15, 0.2) is 5.92 Å². The molecule has 86 valence electrons. The second-order valence-corrected chi connectivity index (χ2v) is 3.72. The lowest BCUT2D eigenvalue weighted by Gasteiger charge is -2.09. The summed E-state index contributed by atoms with van der Waals surface area (Å²) < 4.78 is 0. The van der Waals surface area contributed by atoms with Gasteiger partial charge < -0.3 is 15.5 Å². The number of carbonyl (C=O) groups is 3. The number of carbonyl (C=O) groups excluding carboxylic acids is 1. The van der Waals surface area contributed by atoms with Crippen LogP contribution in [0.2, 0.25) is 0 Å². The van der Waals surface area contributed by atoms with E-state index in [1.165, 1.54) is 17.4 Å². The minimum absolute atomic E-state index is 0.348. The highest BCUT2D eigenvalue weighted by Crippen LogP contribution is 2.19. The number of nitrogens with one attached hydrogen (secondary N) is 1. The Kier molecular flexibility index (Phi) is 4.01. The number of thiophene rings is 1. The van der Waals surface area contributed by atoms with Crippen LogP contribution in [0.25, 0.3) is 0 Å². The van der Waals surface area contributed by atoms with E-state index in [2.05, 4.69) is 0 Å². The molecule has 7 heteroatoms. The van der Waals surface area contributed by atoms with Crippen LogP contribution in [-0.4, -0.2) is 34.6 Å². The van der Waals surface area contributed by atoms with Gasteiger partial charge in [-0.25, -0.2) is 0 Å². The Bertz CT molecular complexity index is 400. The summed E-state index contributed by atoms with van der Waals surface area (Å²) >= 11 is 1.27. The molecule has 0 saturated carbocycles. The van der Waals surface area contributed by atoms with Crippen LogP contribution < -0.4 is 5.32 Å². The highest BCUT2D eigenvalue weighted by molar-refractivity contribution is 7.08. The van der Waals surface area contributed by atoms with E-state index in [9.17, 15) is 14.4 Å². The normalized spacial score (nSPS) is 11.8. The number of hydrogen-bond acceptors (Lipinski definition) is 4. The summed E-state index contributed by atoms with van der Waals surface area (Å²) in [4.78, 5) is 32.5. The molecule has 1 aromatic heterocycles. The zero-order valence-electron chi connectivity index (χ0n) is 8.04. The molecule has 0 radical (unpaired) electrons. The van der Waals surface area contributed by atoms with Crippen LogP contribution in [0.1, 0.15) is 11.5 Å². The van der Waals surface area contributed by atoms with Crippen molar-refractivity contribution in [2.24, 2.45) is 0 Å². The largest absolute Gasteiger partial charge is 0.480 e. The van der Waals surface area contributed by atoms with Crippen molar-refractivity contribution in [2.45, 2.75) is 5.92 Å². The van der Waals surface area contributed by atoms with E-state index < -0.39 is 30.3 Å². The monoisotopic (exact) mass is 243 g/mol. The topological polar surface area (TPSA) is 104 Å². The first-order valence-corrected chi connectivity index (χ1v) is 5.21. The van der Waals surface area contributed by atoms with Gasteiger partial charge >= 0.3 is 11.9 Å². The highest BCUT2D eigenvalue weighted by Gasteiger charge is 2.28. The Hall–Kier alpha value is -1.89. The number of hydrogen-bond donors (Lipinski definition) is 3. The summed E-state index contributed by atoms with van der Waals surface area (Å²) in [6, 6.07) is 1.52. The molecule has 0 aliphatic carbocycles. The molecular formula is C9H9NO5S. The van der Waals surface area contributed by atoms with Crippen molar-refractivity contribution in [1.29, 1.82) is 0 Å². The molecule has 0 spiro atoms. The zero-order valence-corrected chi connectivity index (χ0v) is 8.86. The van der Waals surface area contributed by atoms with Gasteiger partial charge in [-0.2, -0.15) is 11.3 Å². The molecule has 3 N–H and O–H groups in total. The van der Waals surface area contributed by atoms with Gasteiger partial charge in [0.1, 0.15) is 6.54 Å². The molecule has 1 rings (SSSR count). The predicted octanol–water partition coefficient (Wildman–Crippen LogP) is 0.117. The Balaban J connectivity index is 2.75. The molecule has 1 unspecified atom stereocenters. The maximum Gasteiger partial charge on any atom is 0.322 e. The summed E-state index contributed by atoms with van der Waals surface area (Å²) in [6.07, 6.45) is 0. The number of rotatable bonds is 5. The van der Waals surface area contributed by atoms with Crippen LogP contribution in [0.15, 0.2) is 16.8 Å². The van der Waals surface area contributed by atoms with Crippen LogP contribution in [0.3, 0.4) is 0 Å². The predicted molar refractivity (Wildman–Crippen MR) is 55.3 cm³/mol. The molecule has 0 aromatic carbocycles. The first kappa shape index (κ1) is 12.2. The first-order valence-electron chi connectivity index (χ1n) is 4.26. The second kappa shape index (κ2) is 5.26. The highest BCUT2D eigenvalue weighted by atomic mass is 32.1. The van der Waals surface area contributed by atoms with Crippen LogP contribution >= 0.6 is 11.3 Å². The van der Waals surface area contributed by atoms with E-state index in [4.69, 9.17) is 10.2 Å². The fourth-order valence-corrected chi connectivity index (χ4v) is 1.80. The van der Waals surface area contributed by atoms with E-state index in [0.717, 1.165) is 0 Å². The lowest BCUT2D eigenvalue weighted by molar-refractivity contribution is -0.145. The summed E-state index contributed by atoms with van der Waals surface area (Å²) in [7, 11) is 0. The second-order valence-electron chi connectivity index (χ2n) is 2.94. The molecule has 1 amide bonds. The summed E-state index contributed by atoms with van der Waals surface area (Å²) in [5.41, 5.74) is 0.348. The van der Waals surface area contributed by atoms with Crippen molar-refractivity contribution in [3.63, 3.8) is 0 Å². The molecule has 1 atom stereocenters.